The minimum Gasteiger partial charge on any atom is -0.395 e. The van der Waals surface area contributed by atoms with Gasteiger partial charge in [0.1, 0.15) is 0 Å². The zero-order valence-electron chi connectivity index (χ0n) is 9.83. The van der Waals surface area contributed by atoms with E-state index < -0.39 is 11.6 Å². The fraction of sp³-hybridized carbons (Fsp3) is 0.545. The van der Waals surface area contributed by atoms with Crippen LogP contribution in [0.15, 0.2) is 6.07 Å². The number of aliphatic hydroxyl groups excluding tert-OH is 1. The van der Waals surface area contributed by atoms with Crippen molar-refractivity contribution in [2.45, 2.75) is 0 Å². The van der Waals surface area contributed by atoms with Crippen LogP contribution in [0.3, 0.4) is 0 Å². The summed E-state index contributed by atoms with van der Waals surface area (Å²) in [4.78, 5) is 5.64. The standard InChI is InChI=1S/C11H15F2N3O2/c12-8-7-9(13)11(15-10(8)14-1-4-17)16-2-5-18-6-3-16/h7,17H,1-6H2,(H,14,15). The van der Waals surface area contributed by atoms with Crippen molar-refractivity contribution in [3.8, 4) is 0 Å². The Morgan fingerprint density at radius 2 is 2.06 bits per heavy atom. The van der Waals surface area contributed by atoms with Crippen molar-refractivity contribution in [2.75, 3.05) is 49.7 Å². The molecule has 1 aromatic rings. The highest BCUT2D eigenvalue weighted by Gasteiger charge is 2.19. The molecule has 1 saturated heterocycles. The molecule has 0 atom stereocenters. The van der Waals surface area contributed by atoms with Gasteiger partial charge in [0.25, 0.3) is 0 Å². The lowest BCUT2D eigenvalue weighted by atomic mass is 10.3. The normalized spacial score (nSPS) is 15.8. The number of aliphatic hydroxyl groups is 1. The Bertz CT molecular complexity index is 412. The molecule has 1 aliphatic rings. The van der Waals surface area contributed by atoms with Gasteiger partial charge in [0, 0.05) is 25.7 Å². The number of hydrogen-bond donors (Lipinski definition) is 2. The molecule has 7 heteroatoms. The van der Waals surface area contributed by atoms with Crippen LogP contribution in [0.4, 0.5) is 20.4 Å². The molecule has 100 valence electrons. The lowest BCUT2D eigenvalue weighted by Gasteiger charge is -2.28. The van der Waals surface area contributed by atoms with E-state index in [1.165, 1.54) is 0 Å². The van der Waals surface area contributed by atoms with Crippen LogP contribution in [0.1, 0.15) is 0 Å². The zero-order chi connectivity index (χ0) is 13.0. The van der Waals surface area contributed by atoms with Crippen molar-refractivity contribution in [1.82, 2.24) is 4.98 Å². The van der Waals surface area contributed by atoms with E-state index in [4.69, 9.17) is 9.84 Å². The molecule has 0 saturated carbocycles. The monoisotopic (exact) mass is 259 g/mol. The fourth-order valence-electron chi connectivity index (χ4n) is 1.75. The Balaban J connectivity index is 2.22. The van der Waals surface area contributed by atoms with E-state index in [9.17, 15) is 8.78 Å². The van der Waals surface area contributed by atoms with Crippen molar-refractivity contribution in [2.24, 2.45) is 0 Å². The number of halogens is 2. The fourth-order valence-corrected chi connectivity index (χ4v) is 1.75. The molecule has 1 fully saturated rings. The van der Waals surface area contributed by atoms with Gasteiger partial charge in [-0.05, 0) is 0 Å². The van der Waals surface area contributed by atoms with Gasteiger partial charge in [0.15, 0.2) is 23.3 Å². The maximum Gasteiger partial charge on any atom is 0.168 e. The van der Waals surface area contributed by atoms with E-state index in [1.54, 1.807) is 4.90 Å². The largest absolute Gasteiger partial charge is 0.395 e. The van der Waals surface area contributed by atoms with E-state index in [1.807, 2.05) is 0 Å². The van der Waals surface area contributed by atoms with Gasteiger partial charge in [0.2, 0.25) is 0 Å². The molecule has 0 radical (unpaired) electrons. The second-order valence-corrected chi connectivity index (χ2v) is 3.87. The third-order valence-corrected chi connectivity index (χ3v) is 2.63. The molecule has 0 amide bonds. The number of hydrogen-bond acceptors (Lipinski definition) is 5. The second-order valence-electron chi connectivity index (χ2n) is 3.87. The van der Waals surface area contributed by atoms with Crippen LogP contribution in [0.25, 0.3) is 0 Å². The van der Waals surface area contributed by atoms with Crippen LogP contribution in [0.5, 0.6) is 0 Å². The molecule has 2 heterocycles. The van der Waals surface area contributed by atoms with Crippen molar-refractivity contribution in [1.29, 1.82) is 0 Å². The smallest absolute Gasteiger partial charge is 0.168 e. The predicted molar refractivity (Wildman–Crippen MR) is 62.8 cm³/mol. The van der Waals surface area contributed by atoms with Gasteiger partial charge in [-0.2, -0.15) is 0 Å². The van der Waals surface area contributed by atoms with Gasteiger partial charge < -0.3 is 20.1 Å². The van der Waals surface area contributed by atoms with Crippen molar-refractivity contribution in [3.63, 3.8) is 0 Å². The molecule has 0 aromatic carbocycles. The van der Waals surface area contributed by atoms with Gasteiger partial charge in [-0.3, -0.25) is 0 Å². The van der Waals surface area contributed by atoms with Gasteiger partial charge in [0.05, 0.1) is 19.8 Å². The molecule has 5 nitrogen and oxygen atoms in total. The Hall–Kier alpha value is -1.47. The van der Waals surface area contributed by atoms with Gasteiger partial charge in [-0.15, -0.1) is 0 Å². The third-order valence-electron chi connectivity index (χ3n) is 2.63. The lowest BCUT2D eigenvalue weighted by molar-refractivity contribution is 0.122. The van der Waals surface area contributed by atoms with Crippen LogP contribution >= 0.6 is 0 Å². The molecule has 0 bridgehead atoms. The molecule has 0 unspecified atom stereocenters. The molecule has 18 heavy (non-hydrogen) atoms. The maximum atomic E-state index is 13.7. The number of aromatic nitrogens is 1. The summed E-state index contributed by atoms with van der Waals surface area (Å²) in [5, 5.41) is 11.3. The molecule has 2 rings (SSSR count). The average molecular weight is 259 g/mol. The molecule has 0 spiro atoms. The Morgan fingerprint density at radius 3 is 2.72 bits per heavy atom. The summed E-state index contributed by atoms with van der Waals surface area (Å²) in [5.41, 5.74) is 0. The molecule has 1 aromatic heterocycles. The molecule has 1 aliphatic heterocycles. The van der Waals surface area contributed by atoms with Crippen molar-refractivity contribution in [3.05, 3.63) is 17.7 Å². The molecular weight excluding hydrogens is 244 g/mol. The van der Waals surface area contributed by atoms with Crippen LogP contribution in [-0.4, -0.2) is 49.5 Å². The highest BCUT2D eigenvalue weighted by atomic mass is 19.1. The summed E-state index contributed by atoms with van der Waals surface area (Å²) in [5.74, 6) is -1.39. The summed E-state index contributed by atoms with van der Waals surface area (Å²) in [6.45, 7) is 2.06. The minimum absolute atomic E-state index is 0.0491. The van der Waals surface area contributed by atoms with Gasteiger partial charge in [-0.25, -0.2) is 13.8 Å². The van der Waals surface area contributed by atoms with Gasteiger partial charge >= 0.3 is 0 Å². The van der Waals surface area contributed by atoms with Crippen LogP contribution in [0.2, 0.25) is 0 Å². The molecular formula is C11H15F2N3O2. The number of nitrogens with one attached hydrogen (secondary N) is 1. The quantitative estimate of drug-likeness (QED) is 0.829. The van der Waals surface area contributed by atoms with E-state index in [0.717, 1.165) is 6.07 Å². The van der Waals surface area contributed by atoms with E-state index in [-0.39, 0.29) is 24.8 Å². The van der Waals surface area contributed by atoms with E-state index >= 15 is 0 Å². The number of morpholine rings is 1. The minimum atomic E-state index is -0.766. The lowest BCUT2D eigenvalue weighted by Crippen LogP contribution is -2.37. The van der Waals surface area contributed by atoms with Crippen LogP contribution < -0.4 is 10.2 Å². The highest BCUT2D eigenvalue weighted by Crippen LogP contribution is 2.22. The van der Waals surface area contributed by atoms with E-state index in [2.05, 4.69) is 10.3 Å². The highest BCUT2D eigenvalue weighted by molar-refractivity contribution is 5.49. The van der Waals surface area contributed by atoms with Crippen molar-refractivity contribution < 1.29 is 18.6 Å². The molecule has 2 N–H and O–H groups in total. The zero-order valence-corrected chi connectivity index (χ0v) is 9.83. The van der Waals surface area contributed by atoms with Crippen LogP contribution in [-0.2, 0) is 4.74 Å². The first-order chi connectivity index (χ1) is 8.72. The number of pyridine rings is 1. The summed E-state index contributed by atoms with van der Waals surface area (Å²) in [7, 11) is 0. The number of nitrogens with zero attached hydrogens (tertiary/aromatic N) is 2. The first-order valence-corrected chi connectivity index (χ1v) is 5.76. The third kappa shape index (κ3) is 2.85. The Morgan fingerprint density at radius 1 is 1.33 bits per heavy atom. The number of rotatable bonds is 4. The van der Waals surface area contributed by atoms with E-state index in [0.29, 0.717) is 26.3 Å². The predicted octanol–water partition coefficient (Wildman–Crippen LogP) is 0.601. The Kier molecular flexibility index (Phi) is 4.27. The summed E-state index contributed by atoms with van der Waals surface area (Å²) < 4.78 is 32.3. The summed E-state index contributed by atoms with van der Waals surface area (Å²) in [6, 6.07) is 0.803. The Labute approximate surface area is 103 Å². The number of anilines is 2. The van der Waals surface area contributed by atoms with Crippen LogP contribution in [0, 0.1) is 11.6 Å². The second kappa shape index (κ2) is 5.92. The summed E-state index contributed by atoms with van der Waals surface area (Å²) >= 11 is 0. The summed E-state index contributed by atoms with van der Waals surface area (Å²) in [6.07, 6.45) is 0. The molecule has 0 aliphatic carbocycles. The first-order valence-electron chi connectivity index (χ1n) is 5.76. The average Bonchev–Trinajstić information content (AvgIpc) is 2.39. The topological polar surface area (TPSA) is 57.6 Å². The maximum absolute atomic E-state index is 13.7. The first kappa shape index (κ1) is 13.0. The van der Waals surface area contributed by atoms with Gasteiger partial charge in [-0.1, -0.05) is 0 Å². The number of ether oxygens (including phenoxy) is 1. The van der Waals surface area contributed by atoms with Crippen molar-refractivity contribution >= 4 is 11.6 Å². The SMILES string of the molecule is OCCNc1nc(N2CCOCC2)c(F)cc1F.